The Kier molecular flexibility index (Phi) is 8.07. The molecular weight excluding hydrogens is 404 g/mol. The van der Waals surface area contributed by atoms with E-state index < -0.39 is 22.8 Å². The summed E-state index contributed by atoms with van der Waals surface area (Å²) < 4.78 is 5.38. The van der Waals surface area contributed by atoms with Gasteiger partial charge in [0.1, 0.15) is 5.75 Å². The number of nitrogens with zero attached hydrogens (tertiary/aromatic N) is 1. The van der Waals surface area contributed by atoms with Crippen LogP contribution in [0.5, 0.6) is 5.75 Å². The Morgan fingerprint density at radius 1 is 1.00 bits per heavy atom. The third kappa shape index (κ3) is 7.42. The standard InChI is InChI=1S/C21H24N4O6/c1-13-4-5-14(2)18(12-13)22-19(26)10-11-20(27)23-24-21(28)15(3)31-17-8-6-16(7-9-17)25(29)30/h4-9,12,15H,10-11H2,1-3H3,(H,22,26)(H,23,27)(H,24,28). The van der Waals surface area contributed by atoms with E-state index in [0.717, 1.165) is 11.1 Å². The first kappa shape index (κ1) is 23.3. The number of aryl methyl sites for hydroxylation is 2. The number of carbonyl (C=O) groups is 3. The molecule has 0 bridgehead atoms. The molecule has 3 amide bonds. The van der Waals surface area contributed by atoms with Crippen LogP contribution in [0.25, 0.3) is 0 Å². The number of rotatable bonds is 8. The van der Waals surface area contributed by atoms with Crippen molar-refractivity contribution in [3.8, 4) is 5.75 Å². The predicted octanol–water partition coefficient (Wildman–Crippen LogP) is 2.55. The van der Waals surface area contributed by atoms with Crippen LogP contribution in [-0.4, -0.2) is 28.7 Å². The van der Waals surface area contributed by atoms with Crippen LogP contribution in [0.3, 0.4) is 0 Å². The van der Waals surface area contributed by atoms with E-state index in [9.17, 15) is 24.5 Å². The fourth-order valence-electron chi connectivity index (χ4n) is 2.51. The molecule has 0 fully saturated rings. The molecule has 2 aromatic carbocycles. The molecule has 31 heavy (non-hydrogen) atoms. The van der Waals surface area contributed by atoms with Crippen LogP contribution in [0, 0.1) is 24.0 Å². The van der Waals surface area contributed by atoms with Crippen LogP contribution in [-0.2, 0) is 14.4 Å². The number of benzene rings is 2. The number of hydrazine groups is 1. The van der Waals surface area contributed by atoms with Crippen LogP contribution in [0.4, 0.5) is 11.4 Å². The summed E-state index contributed by atoms with van der Waals surface area (Å²) in [5, 5.41) is 13.4. The average molecular weight is 428 g/mol. The molecule has 2 rings (SSSR count). The van der Waals surface area contributed by atoms with E-state index in [1.54, 1.807) is 0 Å². The zero-order valence-corrected chi connectivity index (χ0v) is 17.4. The molecule has 1 unspecified atom stereocenters. The van der Waals surface area contributed by atoms with Gasteiger partial charge in [-0.05, 0) is 50.1 Å². The van der Waals surface area contributed by atoms with Gasteiger partial charge in [-0.3, -0.25) is 35.3 Å². The van der Waals surface area contributed by atoms with E-state index in [-0.39, 0.29) is 30.2 Å². The highest BCUT2D eigenvalue weighted by Crippen LogP contribution is 2.18. The smallest absolute Gasteiger partial charge is 0.279 e. The van der Waals surface area contributed by atoms with Crippen LogP contribution < -0.4 is 20.9 Å². The van der Waals surface area contributed by atoms with Gasteiger partial charge >= 0.3 is 0 Å². The number of hydrogen-bond acceptors (Lipinski definition) is 6. The fraction of sp³-hybridized carbons (Fsp3) is 0.286. The van der Waals surface area contributed by atoms with Crippen molar-refractivity contribution < 1.29 is 24.0 Å². The lowest BCUT2D eigenvalue weighted by atomic mass is 10.1. The Morgan fingerprint density at radius 2 is 1.65 bits per heavy atom. The van der Waals surface area contributed by atoms with Crippen molar-refractivity contribution in [1.82, 2.24) is 10.9 Å². The molecule has 1 atom stereocenters. The van der Waals surface area contributed by atoms with Gasteiger partial charge in [-0.15, -0.1) is 0 Å². The Balaban J connectivity index is 1.73. The number of nitrogens with one attached hydrogen (secondary N) is 3. The summed E-state index contributed by atoms with van der Waals surface area (Å²) in [7, 11) is 0. The second kappa shape index (κ2) is 10.7. The molecule has 0 radical (unpaired) electrons. The molecule has 10 heteroatoms. The number of nitro groups is 1. The van der Waals surface area contributed by atoms with Crippen LogP contribution in [0.15, 0.2) is 42.5 Å². The molecule has 10 nitrogen and oxygen atoms in total. The summed E-state index contributed by atoms with van der Waals surface area (Å²) in [6, 6.07) is 10.9. The van der Waals surface area contributed by atoms with Crippen LogP contribution >= 0.6 is 0 Å². The van der Waals surface area contributed by atoms with Gasteiger partial charge < -0.3 is 10.1 Å². The maximum Gasteiger partial charge on any atom is 0.279 e. The summed E-state index contributed by atoms with van der Waals surface area (Å²) in [5.74, 6) is -1.20. The highest BCUT2D eigenvalue weighted by molar-refractivity contribution is 5.94. The van der Waals surface area contributed by atoms with Crippen molar-refractivity contribution in [3.63, 3.8) is 0 Å². The first-order valence-corrected chi connectivity index (χ1v) is 9.52. The third-order valence-corrected chi connectivity index (χ3v) is 4.30. The molecule has 0 aliphatic rings. The topological polar surface area (TPSA) is 140 Å². The van der Waals surface area contributed by atoms with Crippen molar-refractivity contribution in [2.45, 2.75) is 39.7 Å². The number of nitro benzene ring substituents is 1. The highest BCUT2D eigenvalue weighted by atomic mass is 16.6. The quantitative estimate of drug-likeness (QED) is 0.436. The van der Waals surface area contributed by atoms with Gasteiger partial charge in [0.15, 0.2) is 6.10 Å². The molecule has 164 valence electrons. The third-order valence-electron chi connectivity index (χ3n) is 4.30. The molecule has 0 aliphatic carbocycles. The lowest BCUT2D eigenvalue weighted by Gasteiger charge is -2.15. The Morgan fingerprint density at radius 3 is 2.29 bits per heavy atom. The molecular formula is C21H24N4O6. The van der Waals surface area contributed by atoms with Gasteiger partial charge in [-0.1, -0.05) is 12.1 Å². The number of anilines is 1. The number of carbonyl (C=O) groups excluding carboxylic acids is 3. The van der Waals surface area contributed by atoms with E-state index in [1.807, 2.05) is 32.0 Å². The van der Waals surface area contributed by atoms with Gasteiger partial charge in [0.05, 0.1) is 4.92 Å². The average Bonchev–Trinajstić information content (AvgIpc) is 2.73. The van der Waals surface area contributed by atoms with E-state index in [1.165, 1.54) is 31.2 Å². The molecule has 0 saturated heterocycles. The fourth-order valence-corrected chi connectivity index (χ4v) is 2.51. The maximum absolute atomic E-state index is 12.1. The van der Waals surface area contributed by atoms with E-state index in [0.29, 0.717) is 5.69 Å². The molecule has 0 aromatic heterocycles. The van der Waals surface area contributed by atoms with Crippen molar-refractivity contribution in [2.75, 3.05) is 5.32 Å². The second-order valence-electron chi connectivity index (χ2n) is 6.92. The number of ether oxygens (including phenoxy) is 1. The van der Waals surface area contributed by atoms with Crippen LogP contribution in [0.1, 0.15) is 30.9 Å². The van der Waals surface area contributed by atoms with Crippen molar-refractivity contribution in [2.24, 2.45) is 0 Å². The van der Waals surface area contributed by atoms with Gasteiger partial charge in [-0.2, -0.15) is 0 Å². The Labute approximate surface area is 179 Å². The first-order valence-electron chi connectivity index (χ1n) is 9.52. The normalized spacial score (nSPS) is 11.2. The molecule has 0 heterocycles. The summed E-state index contributed by atoms with van der Waals surface area (Å²) in [6.45, 7) is 5.25. The Hall–Kier alpha value is -3.95. The van der Waals surface area contributed by atoms with Gasteiger partial charge in [0, 0.05) is 30.7 Å². The van der Waals surface area contributed by atoms with Crippen molar-refractivity contribution in [1.29, 1.82) is 0 Å². The van der Waals surface area contributed by atoms with E-state index in [2.05, 4.69) is 16.2 Å². The van der Waals surface area contributed by atoms with Crippen molar-refractivity contribution in [3.05, 3.63) is 63.7 Å². The van der Waals surface area contributed by atoms with E-state index >= 15 is 0 Å². The lowest BCUT2D eigenvalue weighted by molar-refractivity contribution is -0.384. The minimum atomic E-state index is -0.964. The zero-order valence-electron chi connectivity index (χ0n) is 17.4. The number of amides is 3. The molecule has 3 N–H and O–H groups in total. The van der Waals surface area contributed by atoms with Gasteiger partial charge in [-0.25, -0.2) is 0 Å². The number of hydrogen-bond donors (Lipinski definition) is 3. The Bertz CT molecular complexity index is 974. The predicted molar refractivity (Wildman–Crippen MR) is 113 cm³/mol. The van der Waals surface area contributed by atoms with Gasteiger partial charge in [0.2, 0.25) is 11.8 Å². The van der Waals surface area contributed by atoms with E-state index in [4.69, 9.17) is 4.74 Å². The largest absolute Gasteiger partial charge is 0.481 e. The zero-order chi connectivity index (χ0) is 23.0. The summed E-state index contributed by atoms with van der Waals surface area (Å²) in [4.78, 5) is 46.1. The van der Waals surface area contributed by atoms with Gasteiger partial charge in [0.25, 0.3) is 11.6 Å². The first-order chi connectivity index (χ1) is 14.7. The summed E-state index contributed by atoms with van der Waals surface area (Å²) in [6.07, 6.45) is -1.13. The van der Waals surface area contributed by atoms with Crippen molar-refractivity contribution >= 4 is 29.1 Å². The second-order valence-corrected chi connectivity index (χ2v) is 6.92. The maximum atomic E-state index is 12.1. The molecule has 0 spiro atoms. The molecule has 0 aliphatic heterocycles. The highest BCUT2D eigenvalue weighted by Gasteiger charge is 2.16. The molecule has 2 aromatic rings. The minimum Gasteiger partial charge on any atom is -0.481 e. The minimum absolute atomic E-state index is 0.0517. The lowest BCUT2D eigenvalue weighted by Crippen LogP contribution is -2.47. The monoisotopic (exact) mass is 428 g/mol. The summed E-state index contributed by atoms with van der Waals surface area (Å²) >= 11 is 0. The van der Waals surface area contributed by atoms with Crippen LogP contribution in [0.2, 0.25) is 0 Å². The summed E-state index contributed by atoms with van der Waals surface area (Å²) in [5.41, 5.74) is 6.96. The molecule has 0 saturated carbocycles. The SMILES string of the molecule is Cc1ccc(C)c(NC(=O)CCC(=O)NNC(=O)C(C)Oc2ccc([N+](=O)[O-])cc2)c1. The number of non-ortho nitro benzene ring substituents is 1.